The lowest BCUT2D eigenvalue weighted by molar-refractivity contribution is -0.145. The first-order valence-corrected chi connectivity index (χ1v) is 7.17. The van der Waals surface area contributed by atoms with E-state index in [0.29, 0.717) is 19.4 Å². The lowest BCUT2D eigenvalue weighted by Crippen LogP contribution is -2.58. The van der Waals surface area contributed by atoms with E-state index in [0.717, 1.165) is 24.8 Å². The molecule has 116 valence electrons. The van der Waals surface area contributed by atoms with Crippen LogP contribution in [0.1, 0.15) is 37.7 Å². The van der Waals surface area contributed by atoms with Crippen molar-refractivity contribution in [3.05, 3.63) is 18.0 Å². The molecule has 1 aromatic heterocycles. The molecular weight excluding hydrogens is 272 g/mol. The second-order valence-electron chi connectivity index (χ2n) is 5.76. The first-order valence-electron chi connectivity index (χ1n) is 7.17. The highest BCUT2D eigenvalue weighted by molar-refractivity contribution is 5.86. The number of aromatic nitrogens is 2. The van der Waals surface area contributed by atoms with Gasteiger partial charge in [-0.15, -0.1) is 0 Å². The molecule has 1 fully saturated rings. The minimum absolute atomic E-state index is 0.358. The topological polar surface area (TPSA) is 87.5 Å². The molecule has 1 aliphatic rings. The van der Waals surface area contributed by atoms with Crippen LogP contribution in [0.4, 0.5) is 4.79 Å². The van der Waals surface area contributed by atoms with Crippen LogP contribution in [0.3, 0.4) is 0 Å². The summed E-state index contributed by atoms with van der Waals surface area (Å²) in [5.41, 5.74) is -0.207. The molecular formula is C14H22N4O3. The van der Waals surface area contributed by atoms with E-state index in [1.54, 1.807) is 17.9 Å². The Morgan fingerprint density at radius 3 is 2.62 bits per heavy atom. The molecule has 7 nitrogen and oxygen atoms in total. The largest absolute Gasteiger partial charge is 0.480 e. The number of carbonyl (C=O) groups is 2. The molecule has 0 unspecified atom stereocenters. The van der Waals surface area contributed by atoms with Crippen LogP contribution in [-0.4, -0.2) is 44.4 Å². The zero-order chi connectivity index (χ0) is 15.5. The van der Waals surface area contributed by atoms with E-state index in [1.165, 1.54) is 4.90 Å². The average Bonchev–Trinajstić information content (AvgIpc) is 2.85. The third-order valence-corrected chi connectivity index (χ3v) is 3.99. The summed E-state index contributed by atoms with van der Waals surface area (Å²) in [6.07, 6.45) is 7.20. The molecule has 2 amide bonds. The van der Waals surface area contributed by atoms with E-state index in [2.05, 4.69) is 10.4 Å². The molecule has 0 bridgehead atoms. The summed E-state index contributed by atoms with van der Waals surface area (Å²) in [5.74, 6) is -0.940. The zero-order valence-corrected chi connectivity index (χ0v) is 12.5. The quantitative estimate of drug-likeness (QED) is 0.877. The fraction of sp³-hybridized carbons (Fsp3) is 0.643. The molecule has 0 radical (unpaired) electrons. The summed E-state index contributed by atoms with van der Waals surface area (Å²) in [7, 11) is 3.46. The van der Waals surface area contributed by atoms with Crippen LogP contribution in [0.25, 0.3) is 0 Å². The number of hydrogen-bond acceptors (Lipinski definition) is 3. The van der Waals surface area contributed by atoms with Crippen molar-refractivity contribution in [1.82, 2.24) is 20.0 Å². The van der Waals surface area contributed by atoms with Crippen LogP contribution in [-0.2, 0) is 18.4 Å². The van der Waals surface area contributed by atoms with Crippen molar-refractivity contribution < 1.29 is 14.7 Å². The van der Waals surface area contributed by atoms with Gasteiger partial charge in [-0.2, -0.15) is 5.10 Å². The Hall–Kier alpha value is -2.05. The Balaban J connectivity index is 1.99. The first-order chi connectivity index (χ1) is 9.93. The van der Waals surface area contributed by atoms with Crippen LogP contribution in [0, 0.1) is 0 Å². The third kappa shape index (κ3) is 3.53. The monoisotopic (exact) mass is 294 g/mol. The molecule has 0 aromatic carbocycles. The van der Waals surface area contributed by atoms with E-state index in [4.69, 9.17) is 0 Å². The number of aryl methyl sites for hydroxylation is 1. The maximum atomic E-state index is 12.3. The lowest BCUT2D eigenvalue weighted by Gasteiger charge is -2.35. The third-order valence-electron chi connectivity index (χ3n) is 3.99. The molecule has 1 aromatic rings. The molecule has 0 atom stereocenters. The molecule has 1 saturated carbocycles. The van der Waals surface area contributed by atoms with Gasteiger partial charge in [-0.05, 0) is 12.8 Å². The van der Waals surface area contributed by atoms with Crippen LogP contribution in [0.5, 0.6) is 0 Å². The van der Waals surface area contributed by atoms with Crippen molar-refractivity contribution in [2.45, 2.75) is 44.2 Å². The van der Waals surface area contributed by atoms with Gasteiger partial charge in [0, 0.05) is 25.9 Å². The highest BCUT2D eigenvalue weighted by Crippen LogP contribution is 2.28. The number of rotatable bonds is 4. The number of carboxylic acids is 1. The molecule has 2 N–H and O–H groups in total. The number of nitrogens with zero attached hydrogens (tertiary/aromatic N) is 3. The van der Waals surface area contributed by atoms with Crippen LogP contribution < -0.4 is 5.32 Å². The van der Waals surface area contributed by atoms with Crippen molar-refractivity contribution in [2.24, 2.45) is 7.05 Å². The van der Waals surface area contributed by atoms with Gasteiger partial charge in [-0.3, -0.25) is 4.68 Å². The van der Waals surface area contributed by atoms with Gasteiger partial charge in [0.25, 0.3) is 0 Å². The Labute approximate surface area is 123 Å². The standard InChI is InChI=1S/C14H22N4O3/c1-17(9-11-8-15-18(2)10-11)13(21)16-14(12(19)20)6-4-3-5-7-14/h8,10H,3-7,9H2,1-2H3,(H,16,21)(H,19,20). The Morgan fingerprint density at radius 2 is 2.10 bits per heavy atom. The fourth-order valence-electron chi connectivity index (χ4n) is 2.75. The number of aliphatic carboxylic acids is 1. The smallest absolute Gasteiger partial charge is 0.329 e. The molecule has 1 aliphatic carbocycles. The maximum Gasteiger partial charge on any atom is 0.329 e. The summed E-state index contributed by atoms with van der Waals surface area (Å²) in [5, 5.41) is 16.2. The molecule has 0 spiro atoms. The van der Waals surface area contributed by atoms with Gasteiger partial charge in [-0.1, -0.05) is 19.3 Å². The molecule has 7 heteroatoms. The zero-order valence-electron chi connectivity index (χ0n) is 12.5. The normalized spacial score (nSPS) is 17.2. The highest BCUT2D eigenvalue weighted by atomic mass is 16.4. The van der Waals surface area contributed by atoms with Crippen LogP contribution >= 0.6 is 0 Å². The van der Waals surface area contributed by atoms with E-state index in [-0.39, 0.29) is 6.03 Å². The highest BCUT2D eigenvalue weighted by Gasteiger charge is 2.41. The first kappa shape index (κ1) is 15.3. The number of urea groups is 1. The molecule has 1 heterocycles. The Bertz CT molecular complexity index is 520. The predicted octanol–water partition coefficient (Wildman–Crippen LogP) is 1.35. The van der Waals surface area contributed by atoms with Crippen molar-refractivity contribution >= 4 is 12.0 Å². The second-order valence-corrected chi connectivity index (χ2v) is 5.76. The average molecular weight is 294 g/mol. The van der Waals surface area contributed by atoms with Gasteiger partial charge in [0.15, 0.2) is 0 Å². The Kier molecular flexibility index (Phi) is 4.50. The second kappa shape index (κ2) is 6.15. The summed E-state index contributed by atoms with van der Waals surface area (Å²) in [6.45, 7) is 0.398. The van der Waals surface area contributed by atoms with Gasteiger partial charge in [0.05, 0.1) is 12.7 Å². The fourth-order valence-corrected chi connectivity index (χ4v) is 2.75. The molecule has 21 heavy (non-hydrogen) atoms. The van der Waals surface area contributed by atoms with E-state index < -0.39 is 11.5 Å². The van der Waals surface area contributed by atoms with Crippen molar-refractivity contribution in [3.63, 3.8) is 0 Å². The van der Waals surface area contributed by atoms with Crippen molar-refractivity contribution in [3.8, 4) is 0 Å². The van der Waals surface area contributed by atoms with E-state index in [9.17, 15) is 14.7 Å². The maximum absolute atomic E-state index is 12.3. The Morgan fingerprint density at radius 1 is 1.43 bits per heavy atom. The van der Waals surface area contributed by atoms with Crippen LogP contribution in [0.2, 0.25) is 0 Å². The van der Waals surface area contributed by atoms with Crippen LogP contribution in [0.15, 0.2) is 12.4 Å². The van der Waals surface area contributed by atoms with Gasteiger partial charge < -0.3 is 15.3 Å². The minimum atomic E-state index is -1.11. The number of carboxylic acid groups (broad SMARTS) is 1. The number of amides is 2. The van der Waals surface area contributed by atoms with Gasteiger partial charge in [0.1, 0.15) is 5.54 Å². The summed E-state index contributed by atoms with van der Waals surface area (Å²) < 4.78 is 1.67. The van der Waals surface area contributed by atoms with Crippen molar-refractivity contribution in [2.75, 3.05) is 7.05 Å². The molecule has 0 saturated heterocycles. The van der Waals surface area contributed by atoms with Gasteiger partial charge in [0.2, 0.25) is 0 Å². The number of nitrogens with one attached hydrogen (secondary N) is 1. The summed E-state index contributed by atoms with van der Waals surface area (Å²) >= 11 is 0. The molecule has 2 rings (SSSR count). The van der Waals surface area contributed by atoms with Gasteiger partial charge in [-0.25, -0.2) is 9.59 Å². The lowest BCUT2D eigenvalue weighted by atomic mass is 9.82. The summed E-state index contributed by atoms with van der Waals surface area (Å²) in [4.78, 5) is 25.3. The predicted molar refractivity (Wildman–Crippen MR) is 76.7 cm³/mol. The molecule has 0 aliphatic heterocycles. The van der Waals surface area contributed by atoms with E-state index in [1.807, 2.05) is 13.2 Å². The minimum Gasteiger partial charge on any atom is -0.480 e. The number of carbonyl (C=O) groups excluding carboxylic acids is 1. The van der Waals surface area contributed by atoms with Crippen molar-refractivity contribution in [1.29, 1.82) is 0 Å². The van der Waals surface area contributed by atoms with Gasteiger partial charge >= 0.3 is 12.0 Å². The van der Waals surface area contributed by atoms with E-state index >= 15 is 0 Å². The summed E-state index contributed by atoms with van der Waals surface area (Å²) in [6, 6.07) is -0.358. The SMILES string of the molecule is CN(Cc1cnn(C)c1)C(=O)NC1(C(=O)O)CCCCC1. The number of hydrogen-bond donors (Lipinski definition) is 2.